The summed E-state index contributed by atoms with van der Waals surface area (Å²) in [6, 6.07) is 9.62. The fraction of sp³-hybridized carbons (Fsp3) is 0.467. The molecule has 1 N–H and O–H groups in total. The van der Waals surface area contributed by atoms with Crippen LogP contribution in [0.5, 0.6) is 0 Å². The molecule has 94 valence electrons. The van der Waals surface area contributed by atoms with Gasteiger partial charge in [0.2, 0.25) is 0 Å². The van der Waals surface area contributed by atoms with Crippen molar-refractivity contribution in [1.82, 2.24) is 0 Å². The topological polar surface area (TPSA) is 29.5 Å². The van der Waals surface area contributed by atoms with Gasteiger partial charge in [-0.1, -0.05) is 56.3 Å². The number of hydrogen-bond donors (Lipinski definition) is 1. The van der Waals surface area contributed by atoms with E-state index >= 15 is 0 Å². The summed E-state index contributed by atoms with van der Waals surface area (Å²) in [6.07, 6.45) is 3.13. The van der Waals surface area contributed by atoms with Crippen LogP contribution in [0.1, 0.15) is 32.4 Å². The Kier molecular flexibility index (Phi) is 5.95. The molecule has 0 fully saturated rings. The van der Waals surface area contributed by atoms with Gasteiger partial charge in [0.25, 0.3) is 0 Å². The second-order valence-electron chi connectivity index (χ2n) is 4.40. The Morgan fingerprint density at radius 2 is 1.82 bits per heavy atom. The van der Waals surface area contributed by atoms with Crippen molar-refractivity contribution in [2.45, 2.75) is 33.0 Å². The maximum Gasteiger partial charge on any atom is 0.109 e. The Bertz CT molecular complexity index is 330. The molecular formula is C15H22O2. The standard InChI is InChI=1S/C15H22O2/c1-4-17-14(11-10-12(2)3)15(16)13-8-6-5-7-9-13/h5-12,14-16H,4H2,1-3H3/b11-10+/t14-,15-/m1/s1. The SMILES string of the molecule is CCO[C@H](/C=C/C(C)C)[C@H](O)c1ccccc1. The van der Waals surface area contributed by atoms with E-state index in [-0.39, 0.29) is 6.10 Å². The van der Waals surface area contributed by atoms with Gasteiger partial charge < -0.3 is 9.84 Å². The van der Waals surface area contributed by atoms with Gasteiger partial charge in [-0.25, -0.2) is 0 Å². The maximum absolute atomic E-state index is 10.2. The zero-order valence-corrected chi connectivity index (χ0v) is 10.8. The molecule has 0 saturated carbocycles. The molecule has 2 nitrogen and oxygen atoms in total. The molecular weight excluding hydrogens is 212 g/mol. The Balaban J connectivity index is 2.76. The van der Waals surface area contributed by atoms with Gasteiger partial charge in [-0.15, -0.1) is 0 Å². The highest BCUT2D eigenvalue weighted by molar-refractivity contribution is 5.20. The lowest BCUT2D eigenvalue weighted by atomic mass is 10.0. The van der Waals surface area contributed by atoms with Gasteiger partial charge in [-0.05, 0) is 18.4 Å². The van der Waals surface area contributed by atoms with Gasteiger partial charge in [-0.3, -0.25) is 0 Å². The van der Waals surface area contributed by atoms with Crippen LogP contribution in [0, 0.1) is 5.92 Å². The van der Waals surface area contributed by atoms with E-state index in [1.54, 1.807) is 0 Å². The first-order valence-corrected chi connectivity index (χ1v) is 6.18. The van der Waals surface area contributed by atoms with E-state index in [2.05, 4.69) is 19.9 Å². The van der Waals surface area contributed by atoms with Crippen molar-refractivity contribution in [2.24, 2.45) is 5.92 Å². The summed E-state index contributed by atoms with van der Waals surface area (Å²) in [5.74, 6) is 0.459. The number of benzene rings is 1. The maximum atomic E-state index is 10.2. The van der Waals surface area contributed by atoms with E-state index in [0.29, 0.717) is 12.5 Å². The van der Waals surface area contributed by atoms with Crippen molar-refractivity contribution in [3.8, 4) is 0 Å². The Hall–Kier alpha value is -1.12. The molecule has 0 aliphatic heterocycles. The van der Waals surface area contributed by atoms with Crippen LogP contribution in [0.3, 0.4) is 0 Å². The summed E-state index contributed by atoms with van der Waals surface area (Å²) in [4.78, 5) is 0. The molecule has 0 saturated heterocycles. The summed E-state index contributed by atoms with van der Waals surface area (Å²) in [7, 11) is 0. The highest BCUT2D eigenvalue weighted by Crippen LogP contribution is 2.20. The number of allylic oxidation sites excluding steroid dienone is 1. The first-order valence-electron chi connectivity index (χ1n) is 6.18. The molecule has 1 aromatic rings. The fourth-order valence-electron chi connectivity index (χ4n) is 1.62. The van der Waals surface area contributed by atoms with Crippen LogP contribution in [-0.2, 0) is 4.74 Å². The van der Waals surface area contributed by atoms with Crippen molar-refractivity contribution < 1.29 is 9.84 Å². The Labute approximate surface area is 104 Å². The summed E-state index contributed by atoms with van der Waals surface area (Å²) >= 11 is 0. The molecule has 0 aliphatic rings. The zero-order valence-electron chi connectivity index (χ0n) is 10.8. The van der Waals surface area contributed by atoms with Crippen LogP contribution >= 0.6 is 0 Å². The van der Waals surface area contributed by atoms with Crippen LogP contribution < -0.4 is 0 Å². The van der Waals surface area contributed by atoms with Crippen molar-refractivity contribution >= 4 is 0 Å². The molecule has 0 amide bonds. The third kappa shape index (κ3) is 4.72. The van der Waals surface area contributed by atoms with Crippen LogP contribution in [0.4, 0.5) is 0 Å². The third-order valence-corrected chi connectivity index (χ3v) is 2.50. The smallest absolute Gasteiger partial charge is 0.109 e. The summed E-state index contributed by atoms with van der Waals surface area (Å²) in [5.41, 5.74) is 0.888. The van der Waals surface area contributed by atoms with Gasteiger partial charge in [0.1, 0.15) is 12.2 Å². The minimum Gasteiger partial charge on any atom is -0.385 e. The largest absolute Gasteiger partial charge is 0.385 e. The Morgan fingerprint density at radius 1 is 1.18 bits per heavy atom. The molecule has 0 aliphatic carbocycles. The lowest BCUT2D eigenvalue weighted by Gasteiger charge is -2.20. The molecule has 2 heteroatoms. The van der Waals surface area contributed by atoms with E-state index in [1.165, 1.54) is 0 Å². The molecule has 0 radical (unpaired) electrons. The minimum absolute atomic E-state index is 0.273. The van der Waals surface area contributed by atoms with Gasteiger partial charge in [0, 0.05) is 6.61 Å². The number of aliphatic hydroxyl groups is 1. The summed E-state index contributed by atoms with van der Waals surface area (Å²) in [5, 5.41) is 10.2. The summed E-state index contributed by atoms with van der Waals surface area (Å²) < 4.78 is 5.57. The van der Waals surface area contributed by atoms with E-state index in [1.807, 2.05) is 43.3 Å². The molecule has 0 spiro atoms. The van der Waals surface area contributed by atoms with Gasteiger partial charge in [0.05, 0.1) is 0 Å². The average molecular weight is 234 g/mol. The van der Waals surface area contributed by atoms with E-state index < -0.39 is 6.10 Å². The number of aliphatic hydroxyl groups excluding tert-OH is 1. The molecule has 0 aromatic heterocycles. The predicted octanol–water partition coefficient (Wildman–Crippen LogP) is 3.34. The van der Waals surface area contributed by atoms with E-state index in [0.717, 1.165) is 5.56 Å². The molecule has 17 heavy (non-hydrogen) atoms. The van der Waals surface area contributed by atoms with Crippen molar-refractivity contribution in [3.05, 3.63) is 48.0 Å². The normalized spacial score (nSPS) is 15.4. The highest BCUT2D eigenvalue weighted by Gasteiger charge is 2.18. The average Bonchev–Trinajstić information content (AvgIpc) is 2.34. The summed E-state index contributed by atoms with van der Waals surface area (Å²) in [6.45, 7) is 6.74. The third-order valence-electron chi connectivity index (χ3n) is 2.50. The second-order valence-corrected chi connectivity index (χ2v) is 4.40. The van der Waals surface area contributed by atoms with Crippen molar-refractivity contribution in [3.63, 3.8) is 0 Å². The number of ether oxygens (including phenoxy) is 1. The van der Waals surface area contributed by atoms with Crippen LogP contribution in [0.15, 0.2) is 42.5 Å². The van der Waals surface area contributed by atoms with E-state index in [4.69, 9.17) is 4.74 Å². The monoisotopic (exact) mass is 234 g/mol. The van der Waals surface area contributed by atoms with Crippen LogP contribution in [0.25, 0.3) is 0 Å². The molecule has 1 rings (SSSR count). The predicted molar refractivity (Wildman–Crippen MR) is 70.8 cm³/mol. The number of hydrogen-bond acceptors (Lipinski definition) is 2. The highest BCUT2D eigenvalue weighted by atomic mass is 16.5. The van der Waals surface area contributed by atoms with Crippen molar-refractivity contribution in [1.29, 1.82) is 0 Å². The fourth-order valence-corrected chi connectivity index (χ4v) is 1.62. The van der Waals surface area contributed by atoms with Crippen LogP contribution in [-0.4, -0.2) is 17.8 Å². The lowest BCUT2D eigenvalue weighted by molar-refractivity contribution is -0.00598. The molecule has 2 atom stereocenters. The van der Waals surface area contributed by atoms with Gasteiger partial charge in [0.15, 0.2) is 0 Å². The zero-order chi connectivity index (χ0) is 12.7. The second kappa shape index (κ2) is 7.25. The first kappa shape index (κ1) is 13.9. The first-order chi connectivity index (χ1) is 8.15. The van der Waals surface area contributed by atoms with Gasteiger partial charge in [-0.2, -0.15) is 0 Å². The Morgan fingerprint density at radius 3 is 2.35 bits per heavy atom. The number of rotatable bonds is 6. The van der Waals surface area contributed by atoms with E-state index in [9.17, 15) is 5.11 Å². The molecule has 0 unspecified atom stereocenters. The molecule has 0 bridgehead atoms. The van der Waals surface area contributed by atoms with Gasteiger partial charge >= 0.3 is 0 Å². The lowest BCUT2D eigenvalue weighted by Crippen LogP contribution is -2.20. The minimum atomic E-state index is -0.605. The van der Waals surface area contributed by atoms with Crippen LogP contribution in [0.2, 0.25) is 0 Å². The quantitative estimate of drug-likeness (QED) is 0.765. The van der Waals surface area contributed by atoms with Crippen molar-refractivity contribution in [2.75, 3.05) is 6.61 Å². The molecule has 1 aromatic carbocycles. The molecule has 0 heterocycles.